The smallest absolute Gasteiger partial charge is 0.262 e. The predicted molar refractivity (Wildman–Crippen MR) is 109 cm³/mol. The van der Waals surface area contributed by atoms with E-state index in [2.05, 4.69) is 4.98 Å². The van der Waals surface area contributed by atoms with Crippen LogP contribution in [0.4, 0.5) is 0 Å². The Morgan fingerprint density at radius 2 is 1.89 bits per heavy atom. The number of rotatable bonds is 7. The molecular formula is C21H22N2O3S. The highest BCUT2D eigenvalue weighted by Crippen LogP contribution is 2.23. The number of ether oxygens (including phenoxy) is 1. The number of ketones is 1. The van der Waals surface area contributed by atoms with Crippen LogP contribution in [0.15, 0.2) is 58.5 Å². The fraction of sp³-hybridized carbons (Fsp3) is 0.286. The van der Waals surface area contributed by atoms with E-state index in [1.165, 1.54) is 11.8 Å². The first-order valence-corrected chi connectivity index (χ1v) is 9.85. The first-order chi connectivity index (χ1) is 13.0. The minimum atomic E-state index is -0.0608. The molecule has 3 aromatic rings. The van der Waals surface area contributed by atoms with Crippen molar-refractivity contribution in [1.29, 1.82) is 0 Å². The number of para-hydroxylation sites is 1. The Hall–Kier alpha value is -2.60. The summed E-state index contributed by atoms with van der Waals surface area (Å²) in [6.07, 6.45) is 0.805. The maximum Gasteiger partial charge on any atom is 0.262 e. The van der Waals surface area contributed by atoms with Crippen molar-refractivity contribution in [2.75, 3.05) is 12.9 Å². The van der Waals surface area contributed by atoms with Gasteiger partial charge in [-0.05, 0) is 49.7 Å². The zero-order chi connectivity index (χ0) is 19.4. The largest absolute Gasteiger partial charge is 0.497 e. The average Bonchev–Trinajstić information content (AvgIpc) is 2.71. The van der Waals surface area contributed by atoms with Crippen molar-refractivity contribution in [3.8, 4) is 5.75 Å². The van der Waals surface area contributed by atoms with Crippen molar-refractivity contribution in [1.82, 2.24) is 9.55 Å². The predicted octanol–water partition coefficient (Wildman–Crippen LogP) is 4.35. The summed E-state index contributed by atoms with van der Waals surface area (Å²) in [6, 6.07) is 14.4. The molecule has 1 aromatic heterocycles. The second-order valence-electron chi connectivity index (χ2n) is 6.28. The van der Waals surface area contributed by atoms with Crippen LogP contribution >= 0.6 is 11.8 Å². The quantitative estimate of drug-likeness (QED) is 0.345. The highest BCUT2D eigenvalue weighted by atomic mass is 32.2. The molecule has 0 amide bonds. The van der Waals surface area contributed by atoms with Gasteiger partial charge in [-0.2, -0.15) is 0 Å². The lowest BCUT2D eigenvalue weighted by Crippen LogP contribution is -2.26. The molecule has 5 nitrogen and oxygen atoms in total. The lowest BCUT2D eigenvalue weighted by Gasteiger charge is -2.18. The molecule has 0 bridgehead atoms. The van der Waals surface area contributed by atoms with E-state index in [-0.39, 0.29) is 23.1 Å². The minimum Gasteiger partial charge on any atom is -0.497 e. The number of carbonyl (C=O) groups excluding carboxylic acids is 1. The normalized spacial score (nSPS) is 12.1. The number of benzene rings is 2. The van der Waals surface area contributed by atoms with Crippen LogP contribution in [0.25, 0.3) is 10.9 Å². The summed E-state index contributed by atoms with van der Waals surface area (Å²) in [5, 5.41) is 1.18. The summed E-state index contributed by atoms with van der Waals surface area (Å²) in [5.41, 5.74) is 1.21. The Morgan fingerprint density at radius 1 is 1.19 bits per heavy atom. The van der Waals surface area contributed by atoms with Gasteiger partial charge in [0.25, 0.3) is 5.56 Å². The Balaban J connectivity index is 1.91. The zero-order valence-electron chi connectivity index (χ0n) is 15.6. The van der Waals surface area contributed by atoms with Crippen LogP contribution in [0.5, 0.6) is 5.75 Å². The van der Waals surface area contributed by atoms with Gasteiger partial charge in [0.1, 0.15) is 5.75 Å². The first kappa shape index (κ1) is 19.2. The summed E-state index contributed by atoms with van der Waals surface area (Å²) in [6.45, 7) is 4.02. The molecule has 0 radical (unpaired) electrons. The average molecular weight is 382 g/mol. The Bertz CT molecular complexity index is 1010. The topological polar surface area (TPSA) is 61.2 Å². The molecule has 0 aliphatic rings. The number of hydrogen-bond donors (Lipinski definition) is 0. The number of hydrogen-bond acceptors (Lipinski definition) is 5. The standard InChI is InChI=1S/C21H22N2O3S/c1-4-14(2)23-20(25)17-7-5-6-8-18(17)22-21(23)27-13-19(24)15-9-11-16(26-3)12-10-15/h5-12,14H,4,13H2,1-3H3/t14-/m0/s1. The Kier molecular flexibility index (Phi) is 5.96. The van der Waals surface area contributed by atoms with Crippen molar-refractivity contribution in [3.05, 3.63) is 64.4 Å². The van der Waals surface area contributed by atoms with Gasteiger partial charge < -0.3 is 4.74 Å². The van der Waals surface area contributed by atoms with E-state index in [4.69, 9.17) is 4.74 Å². The van der Waals surface area contributed by atoms with Gasteiger partial charge in [0.05, 0.1) is 23.8 Å². The molecule has 0 saturated carbocycles. The van der Waals surface area contributed by atoms with Gasteiger partial charge in [0.15, 0.2) is 10.9 Å². The van der Waals surface area contributed by atoms with Crippen molar-refractivity contribution < 1.29 is 9.53 Å². The fourth-order valence-corrected chi connectivity index (χ4v) is 3.78. The summed E-state index contributed by atoms with van der Waals surface area (Å²) in [5.74, 6) is 0.912. The summed E-state index contributed by atoms with van der Waals surface area (Å²) in [4.78, 5) is 30.1. The SMILES string of the molecule is CC[C@H](C)n1c(SCC(=O)c2ccc(OC)cc2)nc2ccccc2c1=O. The molecular weight excluding hydrogens is 360 g/mol. The van der Waals surface area contributed by atoms with Gasteiger partial charge in [-0.15, -0.1) is 0 Å². The number of methoxy groups -OCH3 is 1. The van der Waals surface area contributed by atoms with Crippen LogP contribution in [-0.4, -0.2) is 28.2 Å². The van der Waals surface area contributed by atoms with Crippen LogP contribution in [0, 0.1) is 0 Å². The van der Waals surface area contributed by atoms with Crippen molar-refractivity contribution in [2.24, 2.45) is 0 Å². The zero-order valence-corrected chi connectivity index (χ0v) is 16.5. The van der Waals surface area contributed by atoms with Gasteiger partial charge in [-0.25, -0.2) is 4.98 Å². The highest BCUT2D eigenvalue weighted by molar-refractivity contribution is 7.99. The van der Waals surface area contributed by atoms with E-state index in [0.29, 0.717) is 27.4 Å². The molecule has 0 aliphatic heterocycles. The molecule has 140 valence electrons. The molecule has 0 spiro atoms. The first-order valence-electron chi connectivity index (χ1n) is 8.86. The van der Waals surface area contributed by atoms with Crippen LogP contribution in [0.1, 0.15) is 36.7 Å². The molecule has 1 heterocycles. The third-order valence-corrected chi connectivity index (χ3v) is 5.50. The number of Topliss-reactive ketones (excluding diaryl/α,β-unsaturated/α-hetero) is 1. The van der Waals surface area contributed by atoms with E-state index < -0.39 is 0 Å². The molecule has 6 heteroatoms. The second-order valence-corrected chi connectivity index (χ2v) is 7.23. The van der Waals surface area contributed by atoms with Crippen LogP contribution in [0.2, 0.25) is 0 Å². The molecule has 2 aromatic carbocycles. The number of thioether (sulfide) groups is 1. The van der Waals surface area contributed by atoms with E-state index in [9.17, 15) is 9.59 Å². The van der Waals surface area contributed by atoms with Crippen LogP contribution in [-0.2, 0) is 0 Å². The van der Waals surface area contributed by atoms with Crippen molar-refractivity contribution in [3.63, 3.8) is 0 Å². The van der Waals surface area contributed by atoms with E-state index >= 15 is 0 Å². The van der Waals surface area contributed by atoms with E-state index in [0.717, 1.165) is 6.42 Å². The third-order valence-electron chi connectivity index (χ3n) is 4.55. The molecule has 0 aliphatic carbocycles. The third kappa shape index (κ3) is 4.06. The molecule has 1 atom stereocenters. The van der Waals surface area contributed by atoms with Crippen LogP contribution < -0.4 is 10.3 Å². The molecule has 27 heavy (non-hydrogen) atoms. The van der Waals surface area contributed by atoms with Gasteiger partial charge in [0.2, 0.25) is 0 Å². The van der Waals surface area contributed by atoms with Gasteiger partial charge in [-0.1, -0.05) is 30.8 Å². The van der Waals surface area contributed by atoms with Gasteiger partial charge in [-0.3, -0.25) is 14.2 Å². The summed E-state index contributed by atoms with van der Waals surface area (Å²) < 4.78 is 6.82. The molecule has 0 unspecified atom stereocenters. The van der Waals surface area contributed by atoms with E-state index in [1.807, 2.05) is 32.0 Å². The monoisotopic (exact) mass is 382 g/mol. The maximum absolute atomic E-state index is 12.9. The fourth-order valence-electron chi connectivity index (χ4n) is 2.79. The molecule has 3 rings (SSSR count). The summed E-state index contributed by atoms with van der Waals surface area (Å²) in [7, 11) is 1.59. The number of fused-ring (bicyclic) bond motifs is 1. The molecule has 0 N–H and O–H groups in total. The van der Waals surface area contributed by atoms with Gasteiger partial charge in [0, 0.05) is 11.6 Å². The second kappa shape index (κ2) is 8.39. The molecule has 0 saturated heterocycles. The number of aromatic nitrogens is 2. The minimum absolute atomic E-state index is 0.00759. The Labute approximate surface area is 162 Å². The highest BCUT2D eigenvalue weighted by Gasteiger charge is 2.17. The van der Waals surface area contributed by atoms with Crippen LogP contribution in [0.3, 0.4) is 0 Å². The number of nitrogens with zero attached hydrogens (tertiary/aromatic N) is 2. The molecule has 0 fully saturated rings. The maximum atomic E-state index is 12.9. The lowest BCUT2D eigenvalue weighted by atomic mass is 10.1. The van der Waals surface area contributed by atoms with Crippen molar-refractivity contribution >= 4 is 28.4 Å². The lowest BCUT2D eigenvalue weighted by molar-refractivity contribution is 0.102. The number of carbonyl (C=O) groups is 1. The summed E-state index contributed by atoms with van der Waals surface area (Å²) >= 11 is 1.30. The van der Waals surface area contributed by atoms with Gasteiger partial charge >= 0.3 is 0 Å². The Morgan fingerprint density at radius 3 is 2.56 bits per heavy atom. The van der Waals surface area contributed by atoms with E-state index in [1.54, 1.807) is 42.0 Å². The van der Waals surface area contributed by atoms with Crippen molar-refractivity contribution in [2.45, 2.75) is 31.5 Å².